The van der Waals surface area contributed by atoms with E-state index in [-0.39, 0.29) is 22.8 Å². The number of rotatable bonds is 4. The van der Waals surface area contributed by atoms with Gasteiger partial charge in [-0.15, -0.1) is 0 Å². The van der Waals surface area contributed by atoms with Crippen LogP contribution in [0.25, 0.3) is 0 Å². The van der Waals surface area contributed by atoms with E-state index in [0.717, 1.165) is 5.56 Å². The van der Waals surface area contributed by atoms with E-state index in [4.69, 9.17) is 0 Å². The molecular weight excluding hydrogens is 250 g/mol. The molecule has 0 saturated carbocycles. The Morgan fingerprint density at radius 2 is 1.61 bits per heavy atom. The molecule has 0 aliphatic rings. The van der Waals surface area contributed by atoms with E-state index in [1.165, 1.54) is 6.26 Å². The van der Waals surface area contributed by atoms with Crippen LogP contribution in [0, 0.1) is 5.92 Å². The second kappa shape index (κ2) is 5.52. The molecule has 0 unspecified atom stereocenters. The summed E-state index contributed by atoms with van der Waals surface area (Å²) in [5.74, 6) is -0.0857. The summed E-state index contributed by atoms with van der Waals surface area (Å²) in [7, 11) is -3.17. The maximum atomic E-state index is 11.5. The van der Waals surface area contributed by atoms with Crippen molar-refractivity contribution in [3.05, 3.63) is 29.8 Å². The number of hydrogen-bond donors (Lipinski definition) is 1. The highest BCUT2D eigenvalue weighted by Crippen LogP contribution is 2.16. The molecule has 4 nitrogen and oxygen atoms in total. The minimum Gasteiger partial charge on any atom is -0.349 e. The third-order valence-electron chi connectivity index (χ3n) is 2.69. The highest BCUT2D eigenvalue weighted by molar-refractivity contribution is 7.90. The summed E-state index contributed by atoms with van der Waals surface area (Å²) < 4.78 is 22.6. The minimum atomic E-state index is -3.17. The average Bonchev–Trinajstić information content (AvgIpc) is 2.27. The smallest absolute Gasteiger partial charge is 0.223 e. The Bertz CT molecular complexity index is 518. The van der Waals surface area contributed by atoms with Crippen molar-refractivity contribution in [1.29, 1.82) is 0 Å². The molecule has 1 rings (SSSR count). The van der Waals surface area contributed by atoms with Crippen LogP contribution in [-0.2, 0) is 14.6 Å². The molecule has 1 aromatic carbocycles. The quantitative estimate of drug-likeness (QED) is 0.908. The first-order chi connectivity index (χ1) is 8.21. The number of nitrogens with one attached hydrogen (secondary N) is 1. The SMILES string of the molecule is CC(C)C(=O)N[C@H](C)c1ccc(S(C)(=O)=O)cc1. The molecule has 0 saturated heterocycles. The van der Waals surface area contributed by atoms with Crippen molar-refractivity contribution in [2.75, 3.05) is 6.26 Å². The summed E-state index contributed by atoms with van der Waals surface area (Å²) in [6.45, 7) is 5.53. The largest absolute Gasteiger partial charge is 0.349 e. The zero-order valence-electron chi connectivity index (χ0n) is 11.1. The summed E-state index contributed by atoms with van der Waals surface area (Å²) in [6.07, 6.45) is 1.17. The molecule has 0 aliphatic carbocycles. The van der Waals surface area contributed by atoms with Gasteiger partial charge in [-0.25, -0.2) is 8.42 Å². The van der Waals surface area contributed by atoms with Gasteiger partial charge in [-0.3, -0.25) is 4.79 Å². The van der Waals surface area contributed by atoms with Crippen molar-refractivity contribution in [3.63, 3.8) is 0 Å². The first kappa shape index (κ1) is 14.7. The Balaban J connectivity index is 2.83. The van der Waals surface area contributed by atoms with Crippen LogP contribution < -0.4 is 5.32 Å². The van der Waals surface area contributed by atoms with Crippen molar-refractivity contribution >= 4 is 15.7 Å². The summed E-state index contributed by atoms with van der Waals surface area (Å²) >= 11 is 0. The molecule has 0 heterocycles. The second-order valence-electron chi connectivity index (χ2n) is 4.73. The summed E-state index contributed by atoms with van der Waals surface area (Å²) in [5, 5.41) is 2.87. The Hall–Kier alpha value is -1.36. The highest BCUT2D eigenvalue weighted by Gasteiger charge is 2.13. The number of benzene rings is 1. The van der Waals surface area contributed by atoms with Crippen LogP contribution in [-0.4, -0.2) is 20.6 Å². The molecule has 1 atom stereocenters. The molecule has 0 bridgehead atoms. The molecule has 1 amide bonds. The fourth-order valence-corrected chi connectivity index (χ4v) is 2.10. The lowest BCUT2D eigenvalue weighted by Crippen LogP contribution is -2.30. The number of carbonyl (C=O) groups is 1. The minimum absolute atomic E-state index is 0.0188. The lowest BCUT2D eigenvalue weighted by atomic mass is 10.1. The molecule has 0 radical (unpaired) electrons. The standard InChI is InChI=1S/C13H19NO3S/c1-9(2)13(15)14-10(3)11-5-7-12(8-6-11)18(4,16)17/h5-10H,1-4H3,(H,14,15)/t10-/m1/s1. The molecule has 0 aromatic heterocycles. The zero-order chi connectivity index (χ0) is 13.9. The normalized spacial score (nSPS) is 13.4. The van der Waals surface area contributed by atoms with Crippen LogP contribution in [0.2, 0.25) is 0 Å². The number of carbonyl (C=O) groups excluding carboxylic acids is 1. The molecule has 5 heteroatoms. The van der Waals surface area contributed by atoms with E-state index in [0.29, 0.717) is 0 Å². The van der Waals surface area contributed by atoms with E-state index in [1.807, 2.05) is 20.8 Å². The van der Waals surface area contributed by atoms with Gasteiger partial charge in [0.05, 0.1) is 10.9 Å². The molecule has 0 fully saturated rings. The maximum Gasteiger partial charge on any atom is 0.223 e. The van der Waals surface area contributed by atoms with Crippen LogP contribution in [0.1, 0.15) is 32.4 Å². The summed E-state index contributed by atoms with van der Waals surface area (Å²) in [4.78, 5) is 11.8. The predicted molar refractivity (Wildman–Crippen MR) is 70.9 cm³/mol. The van der Waals surface area contributed by atoms with Crippen molar-refractivity contribution in [3.8, 4) is 0 Å². The molecule has 0 aliphatic heterocycles. The molecule has 0 spiro atoms. The van der Waals surface area contributed by atoms with Gasteiger partial charge in [0, 0.05) is 12.2 Å². The average molecular weight is 269 g/mol. The molecule has 18 heavy (non-hydrogen) atoms. The lowest BCUT2D eigenvalue weighted by molar-refractivity contribution is -0.124. The third-order valence-corrected chi connectivity index (χ3v) is 3.82. The highest BCUT2D eigenvalue weighted by atomic mass is 32.2. The summed E-state index contributed by atoms with van der Waals surface area (Å²) in [6, 6.07) is 6.43. The van der Waals surface area contributed by atoms with Gasteiger partial charge in [0.2, 0.25) is 5.91 Å². The van der Waals surface area contributed by atoms with E-state index < -0.39 is 9.84 Å². The van der Waals surface area contributed by atoms with Gasteiger partial charge < -0.3 is 5.32 Å². The number of hydrogen-bond acceptors (Lipinski definition) is 3. The molecule has 1 aromatic rings. The fraction of sp³-hybridized carbons (Fsp3) is 0.462. The van der Waals surface area contributed by atoms with Crippen molar-refractivity contribution in [2.45, 2.75) is 31.7 Å². The number of sulfone groups is 1. The monoisotopic (exact) mass is 269 g/mol. The van der Waals surface area contributed by atoms with Crippen LogP contribution in [0.5, 0.6) is 0 Å². The van der Waals surface area contributed by atoms with Gasteiger partial charge in [-0.2, -0.15) is 0 Å². The van der Waals surface area contributed by atoms with E-state index in [1.54, 1.807) is 24.3 Å². The second-order valence-corrected chi connectivity index (χ2v) is 6.74. The molecule has 1 N–H and O–H groups in total. The van der Waals surface area contributed by atoms with Gasteiger partial charge in [0.1, 0.15) is 0 Å². The van der Waals surface area contributed by atoms with Gasteiger partial charge in [-0.1, -0.05) is 26.0 Å². The predicted octanol–water partition coefficient (Wildman–Crippen LogP) is 1.92. The third kappa shape index (κ3) is 3.84. The number of amides is 1. The first-order valence-corrected chi connectivity index (χ1v) is 7.71. The van der Waals surface area contributed by atoms with Crippen molar-refractivity contribution in [1.82, 2.24) is 5.32 Å². The van der Waals surface area contributed by atoms with Gasteiger partial charge in [0.15, 0.2) is 9.84 Å². The zero-order valence-corrected chi connectivity index (χ0v) is 11.9. The van der Waals surface area contributed by atoms with Crippen LogP contribution in [0.3, 0.4) is 0 Å². The van der Waals surface area contributed by atoms with E-state index in [2.05, 4.69) is 5.32 Å². The Morgan fingerprint density at radius 1 is 1.11 bits per heavy atom. The van der Waals surface area contributed by atoms with Crippen LogP contribution in [0.4, 0.5) is 0 Å². The molecule has 100 valence electrons. The Morgan fingerprint density at radius 3 is 2.00 bits per heavy atom. The van der Waals surface area contributed by atoms with E-state index in [9.17, 15) is 13.2 Å². The Kier molecular flexibility index (Phi) is 4.51. The van der Waals surface area contributed by atoms with Crippen LogP contribution in [0.15, 0.2) is 29.2 Å². The lowest BCUT2D eigenvalue weighted by Gasteiger charge is -2.16. The first-order valence-electron chi connectivity index (χ1n) is 5.82. The van der Waals surface area contributed by atoms with Gasteiger partial charge >= 0.3 is 0 Å². The Labute approximate surface area is 108 Å². The molecular formula is C13H19NO3S. The van der Waals surface area contributed by atoms with Gasteiger partial charge in [-0.05, 0) is 24.6 Å². The fourth-order valence-electron chi connectivity index (χ4n) is 1.47. The van der Waals surface area contributed by atoms with Crippen molar-refractivity contribution in [2.24, 2.45) is 5.92 Å². The summed E-state index contributed by atoms with van der Waals surface area (Å²) in [5.41, 5.74) is 0.886. The van der Waals surface area contributed by atoms with Crippen LogP contribution >= 0.6 is 0 Å². The maximum absolute atomic E-state index is 11.5. The van der Waals surface area contributed by atoms with E-state index >= 15 is 0 Å². The van der Waals surface area contributed by atoms with Gasteiger partial charge in [0.25, 0.3) is 0 Å². The topological polar surface area (TPSA) is 63.2 Å². The van der Waals surface area contributed by atoms with Crippen molar-refractivity contribution < 1.29 is 13.2 Å².